The first-order valence-corrected chi connectivity index (χ1v) is 11.9. The molecule has 2 aromatic heterocycles. The SMILES string of the molecule is CCc1ccc(OC)c(SNc2noc3cc(Cn4cc(CN)cn4)c4c(c23)OCCC4)c1. The van der Waals surface area contributed by atoms with Crippen molar-refractivity contribution in [2.24, 2.45) is 5.73 Å². The second-order valence-corrected chi connectivity index (χ2v) is 8.84. The van der Waals surface area contributed by atoms with E-state index in [0.717, 1.165) is 52.2 Å². The Morgan fingerprint density at radius 1 is 1.27 bits per heavy atom. The minimum absolute atomic E-state index is 0.473. The van der Waals surface area contributed by atoms with E-state index in [0.29, 0.717) is 31.1 Å². The third-order valence-electron chi connectivity index (χ3n) is 5.88. The maximum absolute atomic E-state index is 6.15. The Balaban J connectivity index is 1.48. The summed E-state index contributed by atoms with van der Waals surface area (Å²) in [4.78, 5) is 0.994. The zero-order valence-corrected chi connectivity index (χ0v) is 19.6. The summed E-state index contributed by atoms with van der Waals surface area (Å²) in [6, 6.07) is 8.25. The number of nitrogens with zero attached hydrogens (tertiary/aromatic N) is 3. The van der Waals surface area contributed by atoms with E-state index in [1.54, 1.807) is 13.3 Å². The number of benzene rings is 2. The molecule has 0 saturated carbocycles. The summed E-state index contributed by atoms with van der Waals surface area (Å²) in [6.45, 7) is 3.91. The van der Waals surface area contributed by atoms with Crippen molar-refractivity contribution in [3.8, 4) is 11.5 Å². The predicted molar refractivity (Wildman–Crippen MR) is 129 cm³/mol. The van der Waals surface area contributed by atoms with Gasteiger partial charge >= 0.3 is 0 Å². The lowest BCUT2D eigenvalue weighted by atomic mass is 9.97. The van der Waals surface area contributed by atoms with E-state index >= 15 is 0 Å². The molecule has 3 heterocycles. The van der Waals surface area contributed by atoms with Crippen molar-refractivity contribution >= 4 is 28.7 Å². The lowest BCUT2D eigenvalue weighted by Crippen LogP contribution is -2.13. The average Bonchev–Trinajstić information content (AvgIpc) is 3.49. The van der Waals surface area contributed by atoms with Gasteiger partial charge in [-0.1, -0.05) is 18.1 Å². The molecule has 0 amide bonds. The van der Waals surface area contributed by atoms with Gasteiger partial charge in [0.15, 0.2) is 11.4 Å². The topological polar surface area (TPSA) is 100 Å². The predicted octanol–water partition coefficient (Wildman–Crippen LogP) is 4.55. The summed E-state index contributed by atoms with van der Waals surface area (Å²) in [6.07, 6.45) is 6.65. The van der Waals surface area contributed by atoms with Gasteiger partial charge in [0, 0.05) is 23.9 Å². The van der Waals surface area contributed by atoms with Crippen molar-refractivity contribution in [2.75, 3.05) is 18.4 Å². The summed E-state index contributed by atoms with van der Waals surface area (Å²) in [5, 5.41) is 9.62. The fourth-order valence-corrected chi connectivity index (χ4v) is 4.94. The van der Waals surface area contributed by atoms with Gasteiger partial charge in [-0.15, -0.1) is 0 Å². The first-order valence-electron chi connectivity index (χ1n) is 11.1. The van der Waals surface area contributed by atoms with E-state index in [1.165, 1.54) is 23.1 Å². The van der Waals surface area contributed by atoms with Crippen LogP contribution in [0.25, 0.3) is 11.0 Å². The molecule has 9 heteroatoms. The molecular formula is C24H27N5O3S. The maximum Gasteiger partial charge on any atom is 0.191 e. The number of rotatable bonds is 8. The van der Waals surface area contributed by atoms with Gasteiger partial charge in [0.1, 0.15) is 16.9 Å². The molecule has 1 aliphatic rings. The molecule has 0 fully saturated rings. The number of hydrogen-bond acceptors (Lipinski definition) is 8. The molecule has 33 heavy (non-hydrogen) atoms. The highest BCUT2D eigenvalue weighted by Gasteiger charge is 2.24. The van der Waals surface area contributed by atoms with E-state index in [4.69, 9.17) is 19.7 Å². The molecule has 0 unspecified atom stereocenters. The fourth-order valence-electron chi connectivity index (χ4n) is 4.13. The third-order valence-corrected chi connectivity index (χ3v) is 6.71. The molecule has 4 aromatic rings. The smallest absolute Gasteiger partial charge is 0.191 e. The van der Waals surface area contributed by atoms with Crippen LogP contribution in [0.2, 0.25) is 0 Å². The van der Waals surface area contributed by atoms with E-state index < -0.39 is 0 Å². The standard InChI is InChI=1S/C24H27N5O3S/c1-3-15-6-7-19(30-2)21(9-15)33-28-24-22-20(32-27-24)10-17(18-5-4-8-31-23(18)22)14-29-13-16(11-25)12-26-29/h6-7,9-10,12-13H,3-5,8,11,14,25H2,1-2H3,(H,27,28). The van der Waals surface area contributed by atoms with Crippen LogP contribution in [-0.4, -0.2) is 28.7 Å². The van der Waals surface area contributed by atoms with Crippen LogP contribution in [0, 0.1) is 0 Å². The van der Waals surface area contributed by atoms with Gasteiger partial charge in [-0.05, 0) is 60.5 Å². The average molecular weight is 466 g/mol. The summed E-state index contributed by atoms with van der Waals surface area (Å²) in [7, 11) is 1.68. The van der Waals surface area contributed by atoms with Gasteiger partial charge in [-0.25, -0.2) is 0 Å². The molecule has 0 bridgehead atoms. The van der Waals surface area contributed by atoms with Crippen LogP contribution in [0.3, 0.4) is 0 Å². The van der Waals surface area contributed by atoms with Gasteiger partial charge in [-0.2, -0.15) is 5.10 Å². The quantitative estimate of drug-likeness (QED) is 0.366. The molecule has 0 aliphatic carbocycles. The third kappa shape index (κ3) is 4.26. The Labute approximate surface area is 196 Å². The fraction of sp³-hybridized carbons (Fsp3) is 0.333. The number of nitrogens with two attached hydrogens (primary N) is 1. The van der Waals surface area contributed by atoms with E-state index in [2.05, 4.69) is 34.0 Å². The van der Waals surface area contributed by atoms with Crippen LogP contribution in [0.15, 0.2) is 46.1 Å². The normalized spacial score (nSPS) is 13.1. The Morgan fingerprint density at radius 2 is 2.18 bits per heavy atom. The second-order valence-electron chi connectivity index (χ2n) is 7.99. The van der Waals surface area contributed by atoms with Gasteiger partial charge < -0.3 is 24.5 Å². The molecule has 172 valence electrons. The lowest BCUT2D eigenvalue weighted by Gasteiger charge is -2.21. The highest BCUT2D eigenvalue weighted by molar-refractivity contribution is 8.00. The zero-order valence-electron chi connectivity index (χ0n) is 18.8. The molecule has 0 saturated heterocycles. The Kier molecular flexibility index (Phi) is 6.15. The van der Waals surface area contributed by atoms with Crippen LogP contribution in [-0.2, 0) is 25.9 Å². The van der Waals surface area contributed by atoms with Gasteiger partial charge in [0.25, 0.3) is 0 Å². The molecule has 5 rings (SSSR count). The number of anilines is 1. The highest BCUT2D eigenvalue weighted by Crippen LogP contribution is 2.42. The first kappa shape index (κ1) is 21.7. The number of methoxy groups -OCH3 is 1. The van der Waals surface area contributed by atoms with Crippen molar-refractivity contribution in [1.82, 2.24) is 14.9 Å². The van der Waals surface area contributed by atoms with Crippen LogP contribution < -0.4 is 19.9 Å². The molecule has 8 nitrogen and oxygen atoms in total. The molecule has 0 spiro atoms. The van der Waals surface area contributed by atoms with Crippen molar-refractivity contribution < 1.29 is 14.0 Å². The molecule has 1 aliphatic heterocycles. The molecule has 0 atom stereocenters. The Hall–Kier alpha value is -3.17. The monoisotopic (exact) mass is 465 g/mol. The van der Waals surface area contributed by atoms with E-state index in [-0.39, 0.29) is 0 Å². The van der Waals surface area contributed by atoms with Gasteiger partial charge in [0.2, 0.25) is 0 Å². The number of aryl methyl sites for hydroxylation is 1. The van der Waals surface area contributed by atoms with Crippen molar-refractivity contribution in [3.63, 3.8) is 0 Å². The Morgan fingerprint density at radius 3 is 2.97 bits per heavy atom. The van der Waals surface area contributed by atoms with Gasteiger partial charge in [-0.3, -0.25) is 4.68 Å². The van der Waals surface area contributed by atoms with Crippen molar-refractivity contribution in [1.29, 1.82) is 0 Å². The maximum atomic E-state index is 6.15. The van der Waals surface area contributed by atoms with Crippen molar-refractivity contribution in [2.45, 2.75) is 44.2 Å². The molecular weight excluding hydrogens is 438 g/mol. The Bertz CT molecular complexity index is 1280. The van der Waals surface area contributed by atoms with Crippen LogP contribution in [0.4, 0.5) is 5.82 Å². The lowest BCUT2D eigenvalue weighted by molar-refractivity contribution is 0.291. The minimum atomic E-state index is 0.473. The van der Waals surface area contributed by atoms with Crippen LogP contribution >= 0.6 is 11.9 Å². The summed E-state index contributed by atoms with van der Waals surface area (Å²) in [5.41, 5.74) is 11.0. The first-order chi connectivity index (χ1) is 16.2. The summed E-state index contributed by atoms with van der Waals surface area (Å²) < 4.78 is 22.7. The number of aromatic nitrogens is 3. The zero-order chi connectivity index (χ0) is 22.8. The van der Waals surface area contributed by atoms with Crippen LogP contribution in [0.1, 0.15) is 35.6 Å². The van der Waals surface area contributed by atoms with E-state index in [9.17, 15) is 0 Å². The van der Waals surface area contributed by atoms with Crippen LogP contribution in [0.5, 0.6) is 11.5 Å². The molecule has 2 aromatic carbocycles. The molecule has 3 N–H and O–H groups in total. The minimum Gasteiger partial charge on any atom is -0.496 e. The van der Waals surface area contributed by atoms with Crippen molar-refractivity contribution in [3.05, 3.63) is 58.9 Å². The molecule has 0 radical (unpaired) electrons. The number of ether oxygens (including phenoxy) is 2. The highest BCUT2D eigenvalue weighted by atomic mass is 32.2. The summed E-state index contributed by atoms with van der Waals surface area (Å²) >= 11 is 1.46. The largest absolute Gasteiger partial charge is 0.496 e. The number of fused-ring (bicyclic) bond motifs is 3. The van der Waals surface area contributed by atoms with Gasteiger partial charge in [0.05, 0.1) is 31.4 Å². The van der Waals surface area contributed by atoms with E-state index in [1.807, 2.05) is 23.0 Å². The number of hydrogen-bond donors (Lipinski definition) is 2. The second kappa shape index (κ2) is 9.36. The summed E-state index contributed by atoms with van der Waals surface area (Å²) in [5.74, 6) is 2.31. The number of nitrogens with one attached hydrogen (secondary N) is 1.